The second-order valence-electron chi connectivity index (χ2n) is 8.40. The van der Waals surface area contributed by atoms with Gasteiger partial charge in [-0.25, -0.2) is 0 Å². The normalized spacial score (nSPS) is 17.0. The van der Waals surface area contributed by atoms with E-state index in [0.29, 0.717) is 18.1 Å². The highest BCUT2D eigenvalue weighted by Crippen LogP contribution is 2.37. The first-order valence-corrected chi connectivity index (χ1v) is 10.9. The van der Waals surface area contributed by atoms with Crippen molar-refractivity contribution in [3.05, 3.63) is 77.9 Å². The van der Waals surface area contributed by atoms with Gasteiger partial charge in [0.15, 0.2) is 6.10 Å². The van der Waals surface area contributed by atoms with Gasteiger partial charge in [-0.1, -0.05) is 74.9 Å². The Kier molecular flexibility index (Phi) is 6.08. The van der Waals surface area contributed by atoms with Crippen LogP contribution in [0.2, 0.25) is 0 Å². The van der Waals surface area contributed by atoms with Gasteiger partial charge in [0.25, 0.3) is 0 Å². The Hall–Kier alpha value is -2.75. The molecule has 0 saturated carbocycles. The Morgan fingerprint density at radius 1 is 0.871 bits per heavy atom. The topological polar surface area (TPSA) is 9.23 Å². The second-order valence-corrected chi connectivity index (χ2v) is 8.40. The summed E-state index contributed by atoms with van der Waals surface area (Å²) in [5.41, 5.74) is 6.55. The van der Waals surface area contributed by atoms with Gasteiger partial charge in [0, 0.05) is 0 Å². The van der Waals surface area contributed by atoms with Gasteiger partial charge >= 0.3 is 6.18 Å². The molecule has 1 aliphatic heterocycles. The van der Waals surface area contributed by atoms with E-state index in [0.717, 1.165) is 22.3 Å². The van der Waals surface area contributed by atoms with E-state index >= 15 is 0 Å². The number of fused-ring (bicyclic) bond motifs is 1. The summed E-state index contributed by atoms with van der Waals surface area (Å²) >= 11 is 0. The molecule has 0 bridgehead atoms. The van der Waals surface area contributed by atoms with Crippen molar-refractivity contribution in [2.24, 2.45) is 0 Å². The van der Waals surface area contributed by atoms with Crippen LogP contribution in [0.15, 0.2) is 66.7 Å². The molecule has 2 atom stereocenters. The molecule has 3 aromatic carbocycles. The van der Waals surface area contributed by atoms with Crippen molar-refractivity contribution in [1.82, 2.24) is 0 Å². The van der Waals surface area contributed by atoms with Gasteiger partial charge in [0.05, 0.1) is 0 Å². The molecule has 3 aromatic rings. The Labute approximate surface area is 181 Å². The lowest BCUT2D eigenvalue weighted by atomic mass is 9.93. The molecule has 2 unspecified atom stereocenters. The maximum atomic E-state index is 12.9. The van der Waals surface area contributed by atoms with Gasteiger partial charge in [-0.3, -0.25) is 0 Å². The molecule has 31 heavy (non-hydrogen) atoms. The van der Waals surface area contributed by atoms with Crippen LogP contribution in [0.1, 0.15) is 50.2 Å². The standard InChI is InChI=1S/C27H27F3O/c1-3-4-18(2)19-5-7-20(8-6-19)21-9-11-22(12-10-21)23-13-15-25-24(17-23)14-16-26(31-25)27(28,29)30/h5-13,15,17-18,26H,3-4,14,16H2,1-2H3. The first kappa shape index (κ1) is 21.5. The third kappa shape index (κ3) is 4.79. The zero-order chi connectivity index (χ0) is 22.0. The first-order valence-electron chi connectivity index (χ1n) is 10.9. The molecule has 162 valence electrons. The molecule has 4 heteroatoms. The van der Waals surface area contributed by atoms with Gasteiger partial charge < -0.3 is 4.74 Å². The minimum Gasteiger partial charge on any atom is -0.481 e. The fraction of sp³-hybridized carbons (Fsp3) is 0.333. The average Bonchev–Trinajstić information content (AvgIpc) is 2.78. The Balaban J connectivity index is 1.50. The summed E-state index contributed by atoms with van der Waals surface area (Å²) in [5, 5.41) is 0. The second kappa shape index (κ2) is 8.78. The molecule has 1 aliphatic rings. The van der Waals surface area contributed by atoms with Crippen LogP contribution in [0, 0.1) is 0 Å². The molecule has 0 fully saturated rings. The van der Waals surface area contributed by atoms with Crippen molar-refractivity contribution in [2.45, 2.75) is 57.7 Å². The molecule has 1 heterocycles. The maximum absolute atomic E-state index is 12.9. The van der Waals surface area contributed by atoms with Crippen LogP contribution in [-0.4, -0.2) is 12.3 Å². The van der Waals surface area contributed by atoms with Crippen molar-refractivity contribution < 1.29 is 17.9 Å². The Bertz CT molecular complexity index is 1020. The third-order valence-corrected chi connectivity index (χ3v) is 6.12. The summed E-state index contributed by atoms with van der Waals surface area (Å²) < 4.78 is 44.0. The van der Waals surface area contributed by atoms with E-state index in [1.54, 1.807) is 6.07 Å². The summed E-state index contributed by atoms with van der Waals surface area (Å²) in [6.07, 6.45) is -3.32. The minimum absolute atomic E-state index is 0.0360. The highest BCUT2D eigenvalue weighted by atomic mass is 19.4. The molecule has 0 spiro atoms. The SMILES string of the molecule is CCCC(C)c1ccc(-c2ccc(-c3ccc4c(c3)CCC(C(F)(F)F)O4)cc2)cc1. The summed E-state index contributed by atoms with van der Waals surface area (Å²) in [6, 6.07) is 22.5. The number of aryl methyl sites for hydroxylation is 1. The average molecular weight is 425 g/mol. The fourth-order valence-corrected chi connectivity index (χ4v) is 4.26. The molecule has 0 amide bonds. The van der Waals surface area contributed by atoms with Crippen LogP contribution in [0.3, 0.4) is 0 Å². The van der Waals surface area contributed by atoms with Crippen molar-refractivity contribution in [2.75, 3.05) is 0 Å². The molecule has 0 aromatic heterocycles. The number of hydrogen-bond acceptors (Lipinski definition) is 1. The Morgan fingerprint density at radius 3 is 2.00 bits per heavy atom. The van der Waals surface area contributed by atoms with Crippen LogP contribution < -0.4 is 4.74 Å². The van der Waals surface area contributed by atoms with E-state index in [1.807, 2.05) is 12.1 Å². The number of ether oxygens (including phenoxy) is 1. The zero-order valence-electron chi connectivity index (χ0n) is 17.9. The lowest BCUT2D eigenvalue weighted by Crippen LogP contribution is -2.37. The minimum atomic E-state index is -4.32. The Morgan fingerprint density at radius 2 is 1.42 bits per heavy atom. The predicted molar refractivity (Wildman–Crippen MR) is 119 cm³/mol. The highest BCUT2D eigenvalue weighted by Gasteiger charge is 2.43. The number of benzene rings is 3. The van der Waals surface area contributed by atoms with E-state index in [2.05, 4.69) is 62.4 Å². The lowest BCUT2D eigenvalue weighted by Gasteiger charge is -2.28. The van der Waals surface area contributed by atoms with Crippen LogP contribution in [0.5, 0.6) is 5.75 Å². The van der Waals surface area contributed by atoms with Crippen LogP contribution in [0.25, 0.3) is 22.3 Å². The van der Waals surface area contributed by atoms with E-state index in [9.17, 15) is 13.2 Å². The smallest absolute Gasteiger partial charge is 0.425 e. The number of hydrogen-bond donors (Lipinski definition) is 0. The maximum Gasteiger partial charge on any atom is 0.425 e. The molecule has 0 saturated heterocycles. The van der Waals surface area contributed by atoms with Gasteiger partial charge in [0.1, 0.15) is 5.75 Å². The molecule has 0 radical (unpaired) electrons. The summed E-state index contributed by atoms with van der Waals surface area (Å²) in [6.45, 7) is 4.47. The van der Waals surface area contributed by atoms with Crippen molar-refractivity contribution in [3.8, 4) is 28.0 Å². The summed E-state index contributed by atoms with van der Waals surface area (Å²) in [5.74, 6) is 0.909. The van der Waals surface area contributed by atoms with Crippen molar-refractivity contribution in [1.29, 1.82) is 0 Å². The lowest BCUT2D eigenvalue weighted by molar-refractivity contribution is -0.199. The van der Waals surface area contributed by atoms with Gasteiger partial charge in [-0.05, 0) is 70.7 Å². The molecule has 0 aliphatic carbocycles. The fourth-order valence-electron chi connectivity index (χ4n) is 4.26. The molecule has 4 rings (SSSR count). The highest BCUT2D eigenvalue weighted by molar-refractivity contribution is 5.71. The summed E-state index contributed by atoms with van der Waals surface area (Å²) in [7, 11) is 0. The number of rotatable bonds is 5. The van der Waals surface area contributed by atoms with E-state index < -0.39 is 12.3 Å². The molecular formula is C27H27F3O. The van der Waals surface area contributed by atoms with E-state index in [-0.39, 0.29) is 6.42 Å². The van der Waals surface area contributed by atoms with Gasteiger partial charge in [-0.15, -0.1) is 0 Å². The van der Waals surface area contributed by atoms with Crippen LogP contribution >= 0.6 is 0 Å². The molecule has 0 N–H and O–H groups in total. The molecule has 1 nitrogen and oxygen atoms in total. The predicted octanol–water partition coefficient (Wildman–Crippen LogP) is 8.18. The number of halogens is 3. The number of alkyl halides is 3. The van der Waals surface area contributed by atoms with Crippen LogP contribution in [0.4, 0.5) is 13.2 Å². The van der Waals surface area contributed by atoms with Crippen LogP contribution in [-0.2, 0) is 6.42 Å². The van der Waals surface area contributed by atoms with Gasteiger partial charge in [0.2, 0.25) is 0 Å². The monoisotopic (exact) mass is 424 g/mol. The van der Waals surface area contributed by atoms with Gasteiger partial charge in [-0.2, -0.15) is 13.2 Å². The van der Waals surface area contributed by atoms with Crippen molar-refractivity contribution in [3.63, 3.8) is 0 Å². The largest absolute Gasteiger partial charge is 0.481 e. The van der Waals surface area contributed by atoms with E-state index in [4.69, 9.17) is 4.74 Å². The first-order chi connectivity index (χ1) is 14.8. The third-order valence-electron chi connectivity index (χ3n) is 6.12. The molecular weight excluding hydrogens is 397 g/mol. The zero-order valence-corrected chi connectivity index (χ0v) is 17.9. The quantitative estimate of drug-likeness (QED) is 0.401. The van der Waals surface area contributed by atoms with E-state index in [1.165, 1.54) is 24.0 Å². The van der Waals surface area contributed by atoms with Crippen molar-refractivity contribution >= 4 is 0 Å². The summed E-state index contributed by atoms with van der Waals surface area (Å²) in [4.78, 5) is 0.